The number of thiophene rings is 1. The molecule has 1 saturated heterocycles. The van der Waals surface area contributed by atoms with Crippen molar-refractivity contribution in [2.75, 3.05) is 6.54 Å². The number of benzene rings is 1. The summed E-state index contributed by atoms with van der Waals surface area (Å²) in [5.74, 6) is 1.27. The van der Waals surface area contributed by atoms with Crippen LogP contribution in [0.4, 0.5) is 0 Å². The van der Waals surface area contributed by atoms with E-state index < -0.39 is 0 Å². The summed E-state index contributed by atoms with van der Waals surface area (Å²) in [5.41, 5.74) is 0.894. The molecule has 0 N–H and O–H groups in total. The van der Waals surface area contributed by atoms with Crippen LogP contribution >= 0.6 is 11.3 Å². The van der Waals surface area contributed by atoms with Crippen LogP contribution < -0.4 is 0 Å². The van der Waals surface area contributed by atoms with Gasteiger partial charge in [-0.3, -0.25) is 4.79 Å². The van der Waals surface area contributed by atoms with Gasteiger partial charge < -0.3 is 9.42 Å². The minimum Gasteiger partial charge on any atom is -0.337 e. The average molecular weight is 325 g/mol. The number of amides is 1. The molecule has 116 valence electrons. The number of hydrogen-bond donors (Lipinski definition) is 0. The first-order valence-electron chi connectivity index (χ1n) is 7.49. The Labute approximate surface area is 137 Å². The maximum absolute atomic E-state index is 12.2. The molecule has 2 aromatic heterocycles. The van der Waals surface area contributed by atoms with E-state index in [1.54, 1.807) is 11.3 Å². The minimum atomic E-state index is 0.00340. The molecule has 5 nitrogen and oxygen atoms in total. The van der Waals surface area contributed by atoms with Crippen molar-refractivity contribution in [1.29, 1.82) is 0 Å². The molecule has 3 heterocycles. The molecule has 1 atom stereocenters. The largest absolute Gasteiger partial charge is 0.337 e. The fourth-order valence-electron chi connectivity index (χ4n) is 2.79. The Bertz CT molecular complexity index is 798. The third kappa shape index (κ3) is 2.90. The van der Waals surface area contributed by atoms with Gasteiger partial charge in [0.05, 0.1) is 6.54 Å². The Hall–Kier alpha value is -2.47. The van der Waals surface area contributed by atoms with E-state index in [0.717, 1.165) is 5.56 Å². The molecule has 6 heteroatoms. The number of likely N-dealkylation sites (tertiary alicyclic amines) is 1. The maximum atomic E-state index is 12.2. The van der Waals surface area contributed by atoms with Crippen LogP contribution in [0.5, 0.6) is 0 Å². The third-order valence-electron chi connectivity index (χ3n) is 3.97. The van der Waals surface area contributed by atoms with E-state index >= 15 is 0 Å². The number of nitrogens with zero attached hydrogens (tertiary/aromatic N) is 3. The summed E-state index contributed by atoms with van der Waals surface area (Å²) in [6, 6.07) is 13.7. The molecule has 23 heavy (non-hydrogen) atoms. The molecule has 0 bridgehead atoms. The highest BCUT2D eigenvalue weighted by Gasteiger charge is 2.33. The standard InChI is InChI=1S/C17H15N3O2S/c21-15-9-13(10-20(15)11-14-7-4-8-23-14)16-18-17(22-19-16)12-5-2-1-3-6-12/h1-8,13H,9-11H2/t13-/m0/s1. The third-order valence-corrected chi connectivity index (χ3v) is 4.83. The molecular weight excluding hydrogens is 310 g/mol. The van der Waals surface area contributed by atoms with Crippen LogP contribution in [0.25, 0.3) is 11.5 Å². The van der Waals surface area contributed by atoms with E-state index in [2.05, 4.69) is 10.1 Å². The van der Waals surface area contributed by atoms with Crippen molar-refractivity contribution in [2.24, 2.45) is 0 Å². The van der Waals surface area contributed by atoms with E-state index in [-0.39, 0.29) is 11.8 Å². The smallest absolute Gasteiger partial charge is 0.257 e. The van der Waals surface area contributed by atoms with Gasteiger partial charge in [0.25, 0.3) is 5.89 Å². The molecule has 3 aromatic rings. The average Bonchev–Trinajstić information content (AvgIpc) is 3.31. The van der Waals surface area contributed by atoms with Crippen LogP contribution in [0, 0.1) is 0 Å². The topological polar surface area (TPSA) is 59.2 Å². The van der Waals surface area contributed by atoms with Crippen LogP contribution in [-0.2, 0) is 11.3 Å². The molecule has 0 aliphatic carbocycles. The summed E-state index contributed by atoms with van der Waals surface area (Å²) in [6.07, 6.45) is 0.444. The van der Waals surface area contributed by atoms with Crippen molar-refractivity contribution in [2.45, 2.75) is 18.9 Å². The van der Waals surface area contributed by atoms with E-state index in [1.807, 2.05) is 52.7 Å². The molecular formula is C17H15N3O2S. The summed E-state index contributed by atoms with van der Waals surface area (Å²) in [7, 11) is 0. The first-order chi connectivity index (χ1) is 11.3. The van der Waals surface area contributed by atoms with Gasteiger partial charge >= 0.3 is 0 Å². The molecule has 1 aliphatic heterocycles. The molecule has 0 saturated carbocycles. The van der Waals surface area contributed by atoms with Crippen LogP contribution in [0.3, 0.4) is 0 Å². The number of hydrogen-bond acceptors (Lipinski definition) is 5. The molecule has 1 amide bonds. The fourth-order valence-corrected chi connectivity index (χ4v) is 3.51. The number of rotatable bonds is 4. The highest BCUT2D eigenvalue weighted by molar-refractivity contribution is 7.09. The second-order valence-corrected chi connectivity index (χ2v) is 6.61. The van der Waals surface area contributed by atoms with E-state index in [4.69, 9.17) is 4.52 Å². The van der Waals surface area contributed by atoms with Crippen LogP contribution in [0.15, 0.2) is 52.4 Å². The molecule has 1 aliphatic rings. The van der Waals surface area contributed by atoms with E-state index in [0.29, 0.717) is 31.2 Å². The van der Waals surface area contributed by atoms with Crippen molar-refractivity contribution in [3.8, 4) is 11.5 Å². The lowest BCUT2D eigenvalue weighted by atomic mass is 10.1. The molecule has 0 spiro atoms. The zero-order valence-electron chi connectivity index (χ0n) is 12.4. The van der Waals surface area contributed by atoms with Gasteiger partial charge in [-0.15, -0.1) is 11.3 Å². The summed E-state index contributed by atoms with van der Waals surface area (Å²) >= 11 is 1.67. The Morgan fingerprint density at radius 2 is 2.09 bits per heavy atom. The number of aromatic nitrogens is 2. The van der Waals surface area contributed by atoms with Gasteiger partial charge in [-0.05, 0) is 23.6 Å². The van der Waals surface area contributed by atoms with Crippen LogP contribution in [0.1, 0.15) is 23.0 Å². The summed E-state index contributed by atoms with van der Waals surface area (Å²) in [6.45, 7) is 1.31. The van der Waals surface area contributed by atoms with Crippen molar-refractivity contribution in [3.63, 3.8) is 0 Å². The van der Waals surface area contributed by atoms with Crippen molar-refractivity contribution < 1.29 is 9.32 Å². The summed E-state index contributed by atoms with van der Waals surface area (Å²) < 4.78 is 5.35. The van der Waals surface area contributed by atoms with Crippen molar-refractivity contribution in [3.05, 3.63) is 58.5 Å². The van der Waals surface area contributed by atoms with Gasteiger partial charge in [-0.25, -0.2) is 0 Å². The molecule has 0 radical (unpaired) electrons. The van der Waals surface area contributed by atoms with E-state index in [9.17, 15) is 4.79 Å². The SMILES string of the molecule is O=C1C[C@H](c2noc(-c3ccccc3)n2)CN1Cc1cccs1. The minimum absolute atomic E-state index is 0.00340. The molecule has 1 aromatic carbocycles. The quantitative estimate of drug-likeness (QED) is 0.738. The van der Waals surface area contributed by atoms with Crippen LogP contribution in [0.2, 0.25) is 0 Å². The van der Waals surface area contributed by atoms with Gasteiger partial charge in [0, 0.05) is 29.3 Å². The molecule has 0 unspecified atom stereocenters. The second kappa shape index (κ2) is 5.96. The molecule has 1 fully saturated rings. The normalized spacial score (nSPS) is 17.8. The Kier molecular flexibility index (Phi) is 3.67. The van der Waals surface area contributed by atoms with Gasteiger partial charge in [0.1, 0.15) is 0 Å². The number of carbonyl (C=O) groups excluding carboxylic acids is 1. The highest BCUT2D eigenvalue weighted by atomic mass is 32.1. The van der Waals surface area contributed by atoms with Gasteiger partial charge in [0.2, 0.25) is 5.91 Å². The zero-order chi connectivity index (χ0) is 15.6. The Balaban J connectivity index is 1.49. The van der Waals surface area contributed by atoms with Crippen molar-refractivity contribution >= 4 is 17.2 Å². The fraction of sp³-hybridized carbons (Fsp3) is 0.235. The lowest BCUT2D eigenvalue weighted by molar-refractivity contribution is -0.128. The van der Waals surface area contributed by atoms with Gasteiger partial charge in [-0.1, -0.05) is 29.4 Å². The second-order valence-electron chi connectivity index (χ2n) is 5.58. The van der Waals surface area contributed by atoms with Gasteiger partial charge in [-0.2, -0.15) is 4.98 Å². The summed E-state index contributed by atoms with van der Waals surface area (Å²) in [4.78, 5) is 19.7. The molecule has 4 rings (SSSR count). The summed E-state index contributed by atoms with van der Waals surface area (Å²) in [5, 5.41) is 6.10. The van der Waals surface area contributed by atoms with Gasteiger partial charge in [0.15, 0.2) is 5.82 Å². The Morgan fingerprint density at radius 3 is 2.87 bits per heavy atom. The highest BCUT2D eigenvalue weighted by Crippen LogP contribution is 2.29. The number of carbonyl (C=O) groups is 1. The van der Waals surface area contributed by atoms with E-state index in [1.165, 1.54) is 4.88 Å². The maximum Gasteiger partial charge on any atom is 0.257 e. The zero-order valence-corrected chi connectivity index (χ0v) is 13.2. The van der Waals surface area contributed by atoms with Crippen LogP contribution in [-0.4, -0.2) is 27.5 Å². The first kappa shape index (κ1) is 14.1. The monoisotopic (exact) mass is 325 g/mol. The first-order valence-corrected chi connectivity index (χ1v) is 8.37. The lowest BCUT2D eigenvalue weighted by Gasteiger charge is -2.14. The van der Waals surface area contributed by atoms with Crippen molar-refractivity contribution in [1.82, 2.24) is 15.0 Å². The predicted octanol–water partition coefficient (Wildman–Crippen LogP) is 3.31. The Morgan fingerprint density at radius 1 is 1.22 bits per heavy atom. The lowest BCUT2D eigenvalue weighted by Crippen LogP contribution is -2.23. The predicted molar refractivity (Wildman–Crippen MR) is 86.8 cm³/mol.